The topological polar surface area (TPSA) is 107 Å². The van der Waals surface area contributed by atoms with Gasteiger partial charge in [0.25, 0.3) is 0 Å². The highest BCUT2D eigenvalue weighted by atomic mass is 19.4. The molecule has 10 heteroatoms. The van der Waals surface area contributed by atoms with Crippen LogP contribution in [0.4, 0.5) is 13.2 Å². The van der Waals surface area contributed by atoms with Crippen molar-refractivity contribution in [3.63, 3.8) is 0 Å². The monoisotopic (exact) mass is 488 g/mol. The van der Waals surface area contributed by atoms with Gasteiger partial charge >= 0.3 is 6.18 Å². The normalized spacial score (nSPS) is 20.1. The summed E-state index contributed by atoms with van der Waals surface area (Å²) in [5.41, 5.74) is 0.226. The zero-order valence-corrected chi connectivity index (χ0v) is 19.2. The molecule has 1 aromatic heterocycles. The van der Waals surface area contributed by atoms with Gasteiger partial charge in [-0.25, -0.2) is 4.98 Å². The number of nitriles is 1. The van der Waals surface area contributed by atoms with Gasteiger partial charge in [0.05, 0.1) is 29.3 Å². The summed E-state index contributed by atoms with van der Waals surface area (Å²) in [6.45, 7) is 1.37. The molecular formula is C25H27F3N4O3. The number of halogens is 3. The van der Waals surface area contributed by atoms with Crippen LogP contribution < -0.4 is 15.4 Å². The molecule has 1 spiro atoms. The molecule has 35 heavy (non-hydrogen) atoms. The Balaban J connectivity index is 1.52. The van der Waals surface area contributed by atoms with Gasteiger partial charge < -0.3 is 20.5 Å². The Labute approximate surface area is 201 Å². The Kier molecular flexibility index (Phi) is 7.01. The maximum atomic E-state index is 13.3. The summed E-state index contributed by atoms with van der Waals surface area (Å²) in [4.78, 5) is 15.7. The number of carbonyl (C=O) groups is 1. The molecule has 0 radical (unpaired) electrons. The predicted molar refractivity (Wildman–Crippen MR) is 120 cm³/mol. The molecule has 0 saturated heterocycles. The van der Waals surface area contributed by atoms with Gasteiger partial charge in [0.15, 0.2) is 0 Å². The zero-order chi connectivity index (χ0) is 25.2. The number of hydrogen-bond donors (Lipinski definition) is 3. The van der Waals surface area contributed by atoms with E-state index in [0.717, 1.165) is 37.1 Å². The Bertz CT molecular complexity index is 1130. The van der Waals surface area contributed by atoms with E-state index in [9.17, 15) is 23.1 Å². The lowest BCUT2D eigenvalue weighted by molar-refractivity contribution is -0.138. The minimum Gasteiger partial charge on any atom is -0.471 e. The first-order chi connectivity index (χ1) is 16.6. The van der Waals surface area contributed by atoms with Gasteiger partial charge in [0.2, 0.25) is 11.8 Å². The van der Waals surface area contributed by atoms with Gasteiger partial charge in [-0.15, -0.1) is 0 Å². The molecule has 1 fully saturated rings. The summed E-state index contributed by atoms with van der Waals surface area (Å²) in [6.07, 6.45) is -1.49. The molecule has 1 aromatic carbocycles. The smallest absolute Gasteiger partial charge is 0.417 e. The number of pyridine rings is 1. The number of hydrogen-bond acceptors (Lipinski definition) is 6. The van der Waals surface area contributed by atoms with Gasteiger partial charge in [0, 0.05) is 37.7 Å². The number of nitrogens with one attached hydrogen (secondary N) is 2. The largest absolute Gasteiger partial charge is 0.471 e. The predicted octanol–water partition coefficient (Wildman–Crippen LogP) is 3.42. The molecule has 1 amide bonds. The summed E-state index contributed by atoms with van der Waals surface area (Å²) in [5, 5.41) is 26.0. The second-order valence-corrected chi connectivity index (χ2v) is 9.31. The fourth-order valence-electron chi connectivity index (χ4n) is 4.72. The fraction of sp³-hybridized carbons (Fsp3) is 0.480. The Hall–Kier alpha value is -3.16. The molecule has 4 rings (SSSR count). The van der Waals surface area contributed by atoms with E-state index in [-0.39, 0.29) is 24.8 Å². The third-order valence-corrected chi connectivity index (χ3v) is 6.67. The van der Waals surface area contributed by atoms with Crippen LogP contribution in [-0.2, 0) is 17.4 Å². The van der Waals surface area contributed by atoms with Crippen molar-refractivity contribution in [1.82, 2.24) is 15.6 Å². The van der Waals surface area contributed by atoms with E-state index in [1.165, 1.54) is 6.92 Å². The van der Waals surface area contributed by atoms with Crippen LogP contribution in [0.2, 0.25) is 0 Å². The van der Waals surface area contributed by atoms with Gasteiger partial charge in [-0.3, -0.25) is 4.79 Å². The van der Waals surface area contributed by atoms with Crippen LogP contribution in [0.1, 0.15) is 60.9 Å². The van der Waals surface area contributed by atoms with Crippen LogP contribution in [0.3, 0.4) is 0 Å². The highest BCUT2D eigenvalue weighted by Gasteiger charge is 2.47. The Morgan fingerprint density at radius 2 is 2.14 bits per heavy atom. The lowest BCUT2D eigenvalue weighted by atomic mass is 9.73. The summed E-state index contributed by atoms with van der Waals surface area (Å²) < 4.78 is 45.9. The third kappa shape index (κ3) is 5.74. The molecule has 2 aromatic rings. The van der Waals surface area contributed by atoms with Crippen molar-refractivity contribution in [2.45, 2.75) is 69.0 Å². The first-order valence-corrected chi connectivity index (χ1v) is 11.5. The maximum Gasteiger partial charge on any atom is 0.417 e. The van der Waals surface area contributed by atoms with E-state index >= 15 is 0 Å². The summed E-state index contributed by atoms with van der Waals surface area (Å²) in [6, 6.07) is 8.84. The highest BCUT2D eigenvalue weighted by Crippen LogP contribution is 2.49. The number of aliphatic hydroxyl groups is 1. The summed E-state index contributed by atoms with van der Waals surface area (Å²) >= 11 is 0. The Morgan fingerprint density at radius 3 is 2.77 bits per heavy atom. The number of aromatic nitrogens is 1. The number of aliphatic hydroxyl groups excluding tert-OH is 1. The van der Waals surface area contributed by atoms with Crippen molar-refractivity contribution in [3.8, 4) is 11.9 Å². The van der Waals surface area contributed by atoms with Crippen LogP contribution in [0.25, 0.3) is 0 Å². The van der Waals surface area contributed by atoms with Crippen LogP contribution >= 0.6 is 0 Å². The molecule has 7 nitrogen and oxygen atoms in total. The van der Waals surface area contributed by atoms with E-state index in [1.54, 1.807) is 24.3 Å². The molecule has 2 aliphatic rings. The number of alkyl halides is 3. The number of amides is 1. The van der Waals surface area contributed by atoms with Crippen molar-refractivity contribution in [1.29, 1.82) is 5.26 Å². The molecule has 3 N–H and O–H groups in total. The average Bonchev–Trinajstić information content (AvgIpc) is 2.79. The lowest BCUT2D eigenvalue weighted by Gasteiger charge is -2.47. The average molecular weight is 489 g/mol. The molecule has 0 bridgehead atoms. The van der Waals surface area contributed by atoms with Crippen LogP contribution in [0, 0.1) is 11.3 Å². The number of fused-ring (bicyclic) bond motifs is 1. The Morgan fingerprint density at radius 1 is 1.37 bits per heavy atom. The fourth-order valence-corrected chi connectivity index (χ4v) is 4.72. The summed E-state index contributed by atoms with van der Waals surface area (Å²) in [5.74, 6) is -0.142. The second-order valence-electron chi connectivity index (χ2n) is 9.31. The number of benzene rings is 1. The quantitative estimate of drug-likeness (QED) is 0.552. The van der Waals surface area contributed by atoms with E-state index in [0.29, 0.717) is 17.5 Å². The van der Waals surface area contributed by atoms with Crippen molar-refractivity contribution in [2.75, 3.05) is 6.54 Å². The SMILES string of the molecule is CC(=O)N[C@@H](Cc1cccc(C#N)c1)[C@@H](O)CN[C@H]1CC2(CCC2)Oc2ncc(C(F)(F)F)cc21. The van der Waals surface area contributed by atoms with Crippen LogP contribution in [-0.4, -0.2) is 40.3 Å². The molecule has 2 heterocycles. The lowest BCUT2D eigenvalue weighted by Crippen LogP contribution is -2.52. The molecular weight excluding hydrogens is 461 g/mol. The maximum absolute atomic E-state index is 13.3. The summed E-state index contributed by atoms with van der Waals surface area (Å²) in [7, 11) is 0. The van der Waals surface area contributed by atoms with Gasteiger partial charge in [-0.2, -0.15) is 18.4 Å². The minimum atomic E-state index is -4.54. The molecule has 1 saturated carbocycles. The number of carbonyl (C=O) groups excluding carboxylic acids is 1. The van der Waals surface area contributed by atoms with Crippen molar-refractivity contribution in [2.24, 2.45) is 0 Å². The first kappa shape index (κ1) is 24.9. The van der Waals surface area contributed by atoms with Gasteiger partial charge in [-0.05, 0) is 49.4 Å². The van der Waals surface area contributed by atoms with Gasteiger partial charge in [-0.1, -0.05) is 12.1 Å². The standard InChI is InChI=1S/C25H27F3N4O3/c1-15(33)32-20(9-16-4-2-5-17(8-16)12-29)22(34)14-30-21-11-24(6-3-7-24)35-23-19(21)10-18(13-31-23)25(26,27)28/h2,4-5,8,10,13,20-22,30,34H,3,6-7,9,11,14H2,1H3,(H,32,33)/t20-,21-,22-/m0/s1. The zero-order valence-electron chi connectivity index (χ0n) is 19.2. The molecule has 1 aliphatic carbocycles. The van der Waals surface area contributed by atoms with E-state index in [2.05, 4.69) is 21.7 Å². The second kappa shape index (κ2) is 9.84. The number of rotatable bonds is 7. The van der Waals surface area contributed by atoms with Crippen molar-refractivity contribution < 1.29 is 27.8 Å². The van der Waals surface area contributed by atoms with E-state index in [1.807, 2.05) is 0 Å². The first-order valence-electron chi connectivity index (χ1n) is 11.5. The van der Waals surface area contributed by atoms with Crippen molar-refractivity contribution in [3.05, 3.63) is 58.8 Å². The van der Waals surface area contributed by atoms with Crippen LogP contribution in [0.5, 0.6) is 5.88 Å². The highest BCUT2D eigenvalue weighted by molar-refractivity contribution is 5.73. The number of nitrogens with zero attached hydrogens (tertiary/aromatic N) is 2. The van der Waals surface area contributed by atoms with Gasteiger partial charge in [0.1, 0.15) is 5.60 Å². The molecule has 1 aliphatic heterocycles. The number of ether oxygens (including phenoxy) is 1. The molecule has 3 atom stereocenters. The molecule has 0 unspecified atom stereocenters. The van der Waals surface area contributed by atoms with E-state index < -0.39 is 35.5 Å². The van der Waals surface area contributed by atoms with Crippen LogP contribution in [0.15, 0.2) is 36.5 Å². The molecule has 186 valence electrons. The van der Waals surface area contributed by atoms with Crippen molar-refractivity contribution >= 4 is 5.91 Å². The third-order valence-electron chi connectivity index (χ3n) is 6.67. The minimum absolute atomic E-state index is 0.0271. The van der Waals surface area contributed by atoms with E-state index in [4.69, 9.17) is 10.00 Å².